The molecule has 1 fully saturated rings. The van der Waals surface area contributed by atoms with E-state index in [1.54, 1.807) is 0 Å². The molecule has 1 aliphatic rings. The molecule has 0 radical (unpaired) electrons. The molecule has 0 aromatic carbocycles. The molecule has 0 saturated carbocycles. The topological polar surface area (TPSA) is 37.4 Å². The third kappa shape index (κ3) is 2.24. The molecule has 60 valence electrons. The van der Waals surface area contributed by atoms with E-state index >= 15 is 0 Å². The minimum atomic E-state index is -1.99. The van der Waals surface area contributed by atoms with Crippen molar-refractivity contribution in [1.29, 1.82) is 0 Å². The van der Waals surface area contributed by atoms with E-state index in [4.69, 9.17) is 0 Å². The Morgan fingerprint density at radius 1 is 1.50 bits per heavy atom. The summed E-state index contributed by atoms with van der Waals surface area (Å²) < 4.78 is 22.2. The predicted octanol–water partition coefficient (Wildman–Crippen LogP) is 0.693. The predicted molar refractivity (Wildman–Crippen MR) is 34.1 cm³/mol. The first-order valence-corrected chi connectivity index (χ1v) is 4.11. The minimum Gasteiger partial charge on any atom is -0.409 e. The van der Waals surface area contributed by atoms with E-state index in [-0.39, 0.29) is 23.4 Å². The van der Waals surface area contributed by atoms with Crippen LogP contribution in [0.3, 0.4) is 0 Å². The van der Waals surface area contributed by atoms with Crippen LogP contribution in [0.4, 0.5) is 0 Å². The van der Waals surface area contributed by atoms with Gasteiger partial charge in [0.15, 0.2) is 0 Å². The number of nitrogens with zero attached hydrogens (tertiary/aromatic N) is 1. The Morgan fingerprint density at radius 3 is 2.30 bits per heavy atom. The zero-order valence-electron chi connectivity index (χ0n) is 5.78. The fourth-order valence-corrected chi connectivity index (χ4v) is 1.81. The van der Waals surface area contributed by atoms with Crippen molar-refractivity contribution in [3.05, 3.63) is 0 Å². The van der Waals surface area contributed by atoms with Gasteiger partial charge in [0.2, 0.25) is 0 Å². The second-order valence-electron chi connectivity index (χ2n) is 2.35. The molecular weight excluding hydrogens is 190 g/mol. The number of rotatable bonds is 1. The minimum absolute atomic E-state index is 0. The SMILES string of the molecule is CC1CCCN1[S-](=O)=O.[Cr]. The maximum absolute atomic E-state index is 10.3. The molecule has 1 aliphatic heterocycles. The molecule has 0 bridgehead atoms. The largest absolute Gasteiger partial charge is 0.409 e. The van der Waals surface area contributed by atoms with Crippen LogP contribution in [0.15, 0.2) is 0 Å². The van der Waals surface area contributed by atoms with Crippen LogP contribution < -0.4 is 0 Å². The Hall–Kier alpha value is 0.442. The molecule has 10 heavy (non-hydrogen) atoms. The Morgan fingerprint density at radius 2 is 2.10 bits per heavy atom. The summed E-state index contributed by atoms with van der Waals surface area (Å²) in [5.74, 6) is 0. The molecule has 0 aromatic heterocycles. The summed E-state index contributed by atoms with van der Waals surface area (Å²) in [5.41, 5.74) is 0. The molecule has 5 heteroatoms. The van der Waals surface area contributed by atoms with Gasteiger partial charge in [-0.15, -0.1) is 0 Å². The Labute approximate surface area is 73.6 Å². The van der Waals surface area contributed by atoms with E-state index in [1.165, 1.54) is 4.31 Å². The van der Waals surface area contributed by atoms with Gasteiger partial charge in [-0.3, -0.25) is 0 Å². The first-order chi connectivity index (χ1) is 4.22. The Balaban J connectivity index is 0.000000810. The van der Waals surface area contributed by atoms with Crippen molar-refractivity contribution >= 4 is 10.9 Å². The van der Waals surface area contributed by atoms with Crippen molar-refractivity contribution in [2.24, 2.45) is 0 Å². The standard InChI is InChI=1S/C5H10NO2S.Cr/c1-5-3-2-4-6(5)9(7)8;/h5H,2-4H2,1H3;/q-1;. The summed E-state index contributed by atoms with van der Waals surface area (Å²) in [5, 5.41) is 0. The monoisotopic (exact) mass is 200 g/mol. The molecule has 1 heterocycles. The van der Waals surface area contributed by atoms with Crippen molar-refractivity contribution in [3.63, 3.8) is 0 Å². The van der Waals surface area contributed by atoms with Gasteiger partial charge < -0.3 is 12.7 Å². The van der Waals surface area contributed by atoms with Crippen molar-refractivity contribution in [1.82, 2.24) is 4.31 Å². The molecule has 1 rings (SSSR count). The van der Waals surface area contributed by atoms with E-state index in [1.807, 2.05) is 6.92 Å². The van der Waals surface area contributed by atoms with E-state index in [0.717, 1.165) is 12.8 Å². The van der Waals surface area contributed by atoms with Gasteiger partial charge in [-0.2, -0.15) is 0 Å². The van der Waals surface area contributed by atoms with Gasteiger partial charge >= 0.3 is 0 Å². The number of hydrogen-bond acceptors (Lipinski definition) is 3. The first-order valence-electron chi connectivity index (χ1n) is 3.08. The van der Waals surface area contributed by atoms with Crippen LogP contribution in [-0.4, -0.2) is 16.9 Å². The molecule has 0 aromatic rings. The average molecular weight is 200 g/mol. The maximum atomic E-state index is 10.3. The zero-order chi connectivity index (χ0) is 6.85. The molecule has 1 saturated heterocycles. The Kier molecular flexibility index (Phi) is 4.54. The summed E-state index contributed by atoms with van der Waals surface area (Å²) in [6, 6.07) is 0.225. The van der Waals surface area contributed by atoms with Crippen LogP contribution in [0.1, 0.15) is 19.8 Å². The molecule has 1 atom stereocenters. The van der Waals surface area contributed by atoms with Gasteiger partial charge in [-0.05, 0) is 36.3 Å². The van der Waals surface area contributed by atoms with Crippen LogP contribution in [0.2, 0.25) is 0 Å². The van der Waals surface area contributed by atoms with Gasteiger partial charge in [-0.1, -0.05) is 6.92 Å². The number of hydrogen-bond donors (Lipinski definition) is 0. The second kappa shape index (κ2) is 4.35. The van der Waals surface area contributed by atoms with Gasteiger partial charge in [0, 0.05) is 17.4 Å². The van der Waals surface area contributed by atoms with Gasteiger partial charge in [0.25, 0.3) is 0 Å². The van der Waals surface area contributed by atoms with E-state index < -0.39 is 10.9 Å². The van der Waals surface area contributed by atoms with Crippen molar-refractivity contribution in [2.45, 2.75) is 25.8 Å². The van der Waals surface area contributed by atoms with Crippen LogP contribution in [0.5, 0.6) is 0 Å². The quantitative estimate of drug-likeness (QED) is 0.584. The molecule has 3 nitrogen and oxygen atoms in total. The smallest absolute Gasteiger partial charge is 0 e. The summed E-state index contributed by atoms with van der Waals surface area (Å²) >= 11 is 0. The molecule has 0 aliphatic carbocycles. The third-order valence-corrected chi connectivity index (χ3v) is 2.61. The first kappa shape index (κ1) is 10.4. The summed E-state index contributed by atoms with van der Waals surface area (Å²) in [7, 11) is -1.99. The van der Waals surface area contributed by atoms with Gasteiger partial charge in [0.1, 0.15) is 0 Å². The van der Waals surface area contributed by atoms with Crippen LogP contribution in [0.25, 0.3) is 0 Å². The van der Waals surface area contributed by atoms with Crippen LogP contribution >= 0.6 is 0 Å². The second-order valence-corrected chi connectivity index (χ2v) is 3.25. The van der Waals surface area contributed by atoms with Gasteiger partial charge in [-0.25, -0.2) is 0 Å². The normalized spacial score (nSPS) is 26.8. The van der Waals surface area contributed by atoms with Crippen molar-refractivity contribution in [2.75, 3.05) is 6.54 Å². The Bertz CT molecular complexity index is 163. The van der Waals surface area contributed by atoms with Crippen LogP contribution in [-0.2, 0) is 36.7 Å². The zero-order valence-corrected chi connectivity index (χ0v) is 7.87. The molecular formula is C5H10CrNO2S-. The fraction of sp³-hybridized carbons (Fsp3) is 1.00. The molecule has 1 unspecified atom stereocenters. The summed E-state index contributed by atoms with van der Waals surface area (Å²) in [6.07, 6.45) is 2.02. The summed E-state index contributed by atoms with van der Waals surface area (Å²) in [4.78, 5) is 0. The van der Waals surface area contributed by atoms with E-state index in [9.17, 15) is 8.42 Å². The average Bonchev–Trinajstić information content (AvgIpc) is 2.13. The van der Waals surface area contributed by atoms with E-state index in [2.05, 4.69) is 0 Å². The molecule has 0 amide bonds. The fourth-order valence-electron chi connectivity index (χ4n) is 1.13. The maximum Gasteiger partial charge on any atom is 0 e. The van der Waals surface area contributed by atoms with Gasteiger partial charge in [0.05, 0.1) is 0 Å². The van der Waals surface area contributed by atoms with Crippen LogP contribution in [0, 0.1) is 0 Å². The van der Waals surface area contributed by atoms with Crippen molar-refractivity contribution < 1.29 is 25.8 Å². The summed E-state index contributed by atoms with van der Waals surface area (Å²) in [6.45, 7) is 2.64. The van der Waals surface area contributed by atoms with Crippen molar-refractivity contribution in [3.8, 4) is 0 Å². The van der Waals surface area contributed by atoms with E-state index in [0.29, 0.717) is 6.54 Å². The molecule has 0 spiro atoms. The third-order valence-electron chi connectivity index (χ3n) is 1.68. The molecule has 0 N–H and O–H groups in total.